The van der Waals surface area contributed by atoms with Crippen molar-refractivity contribution in [1.29, 1.82) is 0 Å². The molecule has 2 heterocycles. The van der Waals surface area contributed by atoms with Crippen molar-refractivity contribution in [2.45, 2.75) is 33.7 Å². The number of aliphatic hydroxyl groups excluding tert-OH is 1. The average Bonchev–Trinajstić information content (AvgIpc) is 3.40. The number of carbonyl (C=O) groups is 3. The molecule has 0 aliphatic carbocycles. The van der Waals surface area contributed by atoms with E-state index in [0.29, 0.717) is 35.1 Å². The van der Waals surface area contributed by atoms with Gasteiger partial charge in [-0.25, -0.2) is 9.78 Å². The second-order valence-corrected chi connectivity index (χ2v) is 9.92. The summed E-state index contributed by atoms with van der Waals surface area (Å²) in [5.41, 5.74) is 1.32. The summed E-state index contributed by atoms with van der Waals surface area (Å²) >= 11 is 0.975. The second-order valence-electron chi connectivity index (χ2n) is 8.94. The third-order valence-corrected chi connectivity index (χ3v) is 6.86. The van der Waals surface area contributed by atoms with E-state index < -0.39 is 23.7 Å². The molecule has 1 aliphatic heterocycles. The zero-order valence-electron chi connectivity index (χ0n) is 21.1. The molecule has 192 valence electrons. The van der Waals surface area contributed by atoms with Gasteiger partial charge in [-0.15, -0.1) is 0 Å². The molecular weight excluding hydrogens is 492 g/mol. The molecule has 2 aromatic carbocycles. The number of rotatable bonds is 8. The van der Waals surface area contributed by atoms with Crippen LogP contribution in [0.15, 0.2) is 60.2 Å². The lowest BCUT2D eigenvalue weighted by Crippen LogP contribution is -2.29. The zero-order valence-corrected chi connectivity index (χ0v) is 21.9. The number of aliphatic hydroxyl groups is 1. The molecule has 1 fully saturated rings. The second kappa shape index (κ2) is 11.0. The molecule has 9 heteroatoms. The zero-order chi connectivity index (χ0) is 26.7. The highest BCUT2D eigenvalue weighted by atomic mass is 32.1. The molecule has 1 N–H and O–H groups in total. The van der Waals surface area contributed by atoms with E-state index in [-0.39, 0.29) is 27.9 Å². The molecule has 0 bridgehead atoms. The molecule has 0 spiro atoms. The summed E-state index contributed by atoms with van der Waals surface area (Å²) in [5.74, 6) is -1.53. The smallest absolute Gasteiger partial charge is 0.350 e. The van der Waals surface area contributed by atoms with Crippen LogP contribution in [0.1, 0.15) is 53.3 Å². The maximum atomic E-state index is 13.3. The van der Waals surface area contributed by atoms with Crippen LogP contribution in [0.4, 0.5) is 5.13 Å². The summed E-state index contributed by atoms with van der Waals surface area (Å²) in [6.45, 7) is 8.17. The highest BCUT2D eigenvalue weighted by molar-refractivity contribution is 7.17. The number of aryl methyl sites for hydroxylation is 1. The fourth-order valence-corrected chi connectivity index (χ4v) is 4.97. The maximum Gasteiger partial charge on any atom is 0.350 e. The van der Waals surface area contributed by atoms with E-state index in [4.69, 9.17) is 9.47 Å². The third-order valence-electron chi connectivity index (χ3n) is 5.72. The first-order valence-corrected chi connectivity index (χ1v) is 12.8. The van der Waals surface area contributed by atoms with E-state index in [9.17, 15) is 19.5 Å². The summed E-state index contributed by atoms with van der Waals surface area (Å²) in [6.07, 6.45) is 0. The van der Waals surface area contributed by atoms with Gasteiger partial charge in [0.1, 0.15) is 16.4 Å². The Morgan fingerprint density at radius 3 is 2.41 bits per heavy atom. The van der Waals surface area contributed by atoms with E-state index in [1.165, 1.54) is 4.90 Å². The molecule has 1 aliphatic rings. The number of nitrogens with zero attached hydrogens (tertiary/aromatic N) is 2. The number of carbonyl (C=O) groups excluding carboxylic acids is 3. The Morgan fingerprint density at radius 2 is 1.78 bits per heavy atom. The highest BCUT2D eigenvalue weighted by Crippen LogP contribution is 2.44. The number of anilines is 1. The topological polar surface area (TPSA) is 106 Å². The SMILES string of the molecule is CCOC(=O)c1sc(N2C(=O)C(=O)/C(=C(/O)c3ccc(OCC(C)C)cc3)C2c2ccccc2)nc1C. The van der Waals surface area contributed by atoms with Crippen LogP contribution in [0.25, 0.3) is 5.76 Å². The van der Waals surface area contributed by atoms with Gasteiger partial charge < -0.3 is 14.6 Å². The Kier molecular flexibility index (Phi) is 7.73. The van der Waals surface area contributed by atoms with Gasteiger partial charge in [0.15, 0.2) is 5.13 Å². The number of thiazole rings is 1. The van der Waals surface area contributed by atoms with E-state index in [1.54, 1.807) is 62.4 Å². The molecule has 3 aromatic rings. The number of benzene rings is 2. The first kappa shape index (κ1) is 26.1. The monoisotopic (exact) mass is 520 g/mol. The van der Waals surface area contributed by atoms with E-state index in [2.05, 4.69) is 4.98 Å². The van der Waals surface area contributed by atoms with Gasteiger partial charge in [-0.1, -0.05) is 55.5 Å². The molecule has 0 saturated carbocycles. The normalized spacial score (nSPS) is 16.9. The molecular formula is C28H28N2O6S. The summed E-state index contributed by atoms with van der Waals surface area (Å²) in [5, 5.41) is 11.5. The number of amides is 1. The molecule has 0 radical (unpaired) electrons. The number of hydrogen-bond acceptors (Lipinski definition) is 8. The summed E-state index contributed by atoms with van der Waals surface area (Å²) in [4.78, 5) is 44.9. The lowest BCUT2D eigenvalue weighted by atomic mass is 9.95. The minimum Gasteiger partial charge on any atom is -0.507 e. The van der Waals surface area contributed by atoms with Gasteiger partial charge in [-0.2, -0.15) is 0 Å². The van der Waals surface area contributed by atoms with Crippen molar-refractivity contribution in [2.24, 2.45) is 5.92 Å². The van der Waals surface area contributed by atoms with Gasteiger partial charge in [-0.05, 0) is 49.6 Å². The fraction of sp³-hybridized carbons (Fsp3) is 0.286. The first-order valence-electron chi connectivity index (χ1n) is 12.0. The Labute approximate surface area is 219 Å². The van der Waals surface area contributed by atoms with E-state index in [0.717, 1.165) is 11.3 Å². The number of Topliss-reactive ketones (excluding diaryl/α,β-unsaturated/α-hetero) is 1. The van der Waals surface area contributed by atoms with Crippen molar-refractivity contribution in [1.82, 2.24) is 4.98 Å². The van der Waals surface area contributed by atoms with E-state index in [1.807, 2.05) is 19.9 Å². The largest absolute Gasteiger partial charge is 0.507 e. The number of hydrogen-bond donors (Lipinski definition) is 1. The van der Waals surface area contributed by atoms with Crippen LogP contribution in [0.3, 0.4) is 0 Å². The molecule has 1 aromatic heterocycles. The quantitative estimate of drug-likeness (QED) is 0.186. The first-order chi connectivity index (χ1) is 17.7. The molecule has 1 amide bonds. The van der Waals surface area contributed by atoms with Crippen molar-refractivity contribution in [3.63, 3.8) is 0 Å². The Morgan fingerprint density at radius 1 is 1.11 bits per heavy atom. The Bertz CT molecular complexity index is 1340. The maximum absolute atomic E-state index is 13.3. The number of ether oxygens (including phenoxy) is 2. The fourth-order valence-electron chi connectivity index (χ4n) is 3.98. The third kappa shape index (κ3) is 5.27. The lowest BCUT2D eigenvalue weighted by Gasteiger charge is -2.23. The lowest BCUT2D eigenvalue weighted by molar-refractivity contribution is -0.132. The van der Waals surface area contributed by atoms with Gasteiger partial charge >= 0.3 is 11.9 Å². The predicted molar refractivity (Wildman–Crippen MR) is 141 cm³/mol. The Balaban J connectivity index is 1.80. The van der Waals surface area contributed by atoms with Crippen LogP contribution in [0.5, 0.6) is 5.75 Å². The molecule has 37 heavy (non-hydrogen) atoms. The minimum atomic E-state index is -0.932. The molecule has 1 unspecified atom stereocenters. The predicted octanol–water partition coefficient (Wildman–Crippen LogP) is 5.29. The molecule has 1 saturated heterocycles. The van der Waals surface area contributed by atoms with Crippen molar-refractivity contribution in [3.05, 3.63) is 81.9 Å². The Hall–Kier alpha value is -3.98. The number of esters is 1. The molecule has 1 atom stereocenters. The van der Waals surface area contributed by atoms with E-state index >= 15 is 0 Å². The van der Waals surface area contributed by atoms with Crippen LogP contribution in [0.2, 0.25) is 0 Å². The van der Waals surface area contributed by atoms with Gasteiger partial charge in [-0.3, -0.25) is 14.5 Å². The van der Waals surface area contributed by atoms with Crippen molar-refractivity contribution < 1.29 is 29.0 Å². The highest BCUT2D eigenvalue weighted by Gasteiger charge is 2.48. The van der Waals surface area contributed by atoms with Crippen molar-refractivity contribution >= 4 is 39.9 Å². The van der Waals surface area contributed by atoms with Crippen LogP contribution >= 0.6 is 11.3 Å². The van der Waals surface area contributed by atoms with Crippen LogP contribution < -0.4 is 9.64 Å². The van der Waals surface area contributed by atoms with Gasteiger partial charge in [0.2, 0.25) is 0 Å². The molecule has 8 nitrogen and oxygen atoms in total. The summed E-state index contributed by atoms with van der Waals surface area (Å²) in [6, 6.07) is 14.7. The summed E-state index contributed by atoms with van der Waals surface area (Å²) in [7, 11) is 0. The minimum absolute atomic E-state index is 0.0578. The van der Waals surface area contributed by atoms with Crippen LogP contribution in [-0.4, -0.2) is 41.0 Å². The summed E-state index contributed by atoms with van der Waals surface area (Å²) < 4.78 is 10.8. The van der Waals surface area contributed by atoms with Crippen molar-refractivity contribution in [2.75, 3.05) is 18.1 Å². The van der Waals surface area contributed by atoms with Crippen LogP contribution in [-0.2, 0) is 14.3 Å². The molecule has 4 rings (SSSR count). The van der Waals surface area contributed by atoms with Gasteiger partial charge in [0.25, 0.3) is 5.78 Å². The van der Waals surface area contributed by atoms with Gasteiger partial charge in [0.05, 0.1) is 30.5 Å². The van der Waals surface area contributed by atoms with Crippen molar-refractivity contribution in [3.8, 4) is 5.75 Å². The van der Waals surface area contributed by atoms with Gasteiger partial charge in [0, 0.05) is 5.56 Å². The average molecular weight is 521 g/mol. The number of ketones is 1. The number of aromatic nitrogens is 1. The van der Waals surface area contributed by atoms with Crippen LogP contribution in [0, 0.1) is 12.8 Å². The standard InChI is InChI=1S/C28H28N2O6S/c1-5-35-27(34)25-17(4)29-28(37-25)30-22(18-9-7-6-8-10-18)21(24(32)26(30)33)23(31)19-11-13-20(14-12-19)36-15-16(2)3/h6-14,16,22,31H,5,15H2,1-4H3/b23-21+.